The number of benzene rings is 3. The number of carbonyl (C=O) groups excluding carboxylic acids is 1. The van der Waals surface area contributed by atoms with Crippen molar-refractivity contribution in [2.75, 3.05) is 17.7 Å². The van der Waals surface area contributed by atoms with Crippen molar-refractivity contribution in [2.45, 2.75) is 49.5 Å². The van der Waals surface area contributed by atoms with Crippen molar-refractivity contribution in [3.05, 3.63) is 83.2 Å². The highest BCUT2D eigenvalue weighted by Gasteiger charge is 2.46. The first-order valence-corrected chi connectivity index (χ1v) is 13.3. The van der Waals surface area contributed by atoms with Gasteiger partial charge in [-0.3, -0.25) is 4.90 Å². The summed E-state index contributed by atoms with van der Waals surface area (Å²) >= 11 is -1.01. The van der Waals surface area contributed by atoms with Crippen LogP contribution in [0.4, 0.5) is 14.9 Å². The second-order valence-corrected chi connectivity index (χ2v) is 10.9. The SMILES string of the molecule is Cc1cc(F)ccc1-c1ccc2c(c1)C1(CCCC1)CN2C(=O)NCc1ccc([S+](C)[O-])cc1. The van der Waals surface area contributed by atoms with Crippen LogP contribution in [0.25, 0.3) is 11.1 Å². The lowest BCUT2D eigenvalue weighted by molar-refractivity contribution is 0.245. The van der Waals surface area contributed by atoms with Gasteiger partial charge in [0.1, 0.15) is 12.1 Å². The Morgan fingerprint density at radius 1 is 1.09 bits per heavy atom. The summed E-state index contributed by atoms with van der Waals surface area (Å²) in [5, 5.41) is 3.07. The van der Waals surface area contributed by atoms with Crippen LogP contribution in [0.15, 0.2) is 65.6 Å². The molecule has 1 saturated carbocycles. The molecule has 5 rings (SSSR count). The smallest absolute Gasteiger partial charge is 0.322 e. The lowest BCUT2D eigenvalue weighted by atomic mass is 9.80. The van der Waals surface area contributed by atoms with Gasteiger partial charge in [0.15, 0.2) is 4.90 Å². The monoisotopic (exact) mass is 476 g/mol. The first-order chi connectivity index (χ1) is 16.4. The van der Waals surface area contributed by atoms with Gasteiger partial charge in [-0.2, -0.15) is 0 Å². The van der Waals surface area contributed by atoms with Crippen molar-refractivity contribution in [3.63, 3.8) is 0 Å². The lowest BCUT2D eigenvalue weighted by Crippen LogP contribution is -2.41. The molecule has 1 heterocycles. The number of amides is 2. The molecule has 1 unspecified atom stereocenters. The lowest BCUT2D eigenvalue weighted by Gasteiger charge is -2.25. The van der Waals surface area contributed by atoms with Gasteiger partial charge in [0, 0.05) is 24.2 Å². The van der Waals surface area contributed by atoms with Gasteiger partial charge in [-0.1, -0.05) is 37.1 Å². The quantitative estimate of drug-likeness (QED) is 0.464. The van der Waals surface area contributed by atoms with Gasteiger partial charge in [0.25, 0.3) is 0 Å². The van der Waals surface area contributed by atoms with Gasteiger partial charge in [0.2, 0.25) is 0 Å². The Kier molecular flexibility index (Phi) is 6.13. The number of carbonyl (C=O) groups is 1. The number of anilines is 1. The molecule has 3 aromatic rings. The summed E-state index contributed by atoms with van der Waals surface area (Å²) < 4.78 is 25.3. The highest BCUT2D eigenvalue weighted by Crippen LogP contribution is 2.51. The first-order valence-electron chi connectivity index (χ1n) is 11.8. The third-order valence-electron chi connectivity index (χ3n) is 7.32. The highest BCUT2D eigenvalue weighted by atomic mass is 32.2. The molecule has 6 heteroatoms. The summed E-state index contributed by atoms with van der Waals surface area (Å²) in [6.07, 6.45) is 6.14. The molecule has 2 amide bonds. The summed E-state index contributed by atoms with van der Waals surface area (Å²) in [5.41, 5.74) is 6.17. The molecule has 2 aliphatic rings. The summed E-state index contributed by atoms with van der Waals surface area (Å²) in [6.45, 7) is 3.04. The van der Waals surface area contributed by atoms with E-state index in [-0.39, 0.29) is 17.3 Å². The molecule has 176 valence electrons. The second-order valence-electron chi connectivity index (χ2n) is 9.52. The topological polar surface area (TPSA) is 55.4 Å². The predicted molar refractivity (Wildman–Crippen MR) is 135 cm³/mol. The fraction of sp³-hybridized carbons (Fsp3) is 0.321. The van der Waals surface area contributed by atoms with E-state index in [4.69, 9.17) is 0 Å². The zero-order chi connectivity index (χ0) is 23.9. The minimum absolute atomic E-state index is 0.0105. The maximum Gasteiger partial charge on any atom is 0.322 e. The molecule has 1 spiro atoms. The molecule has 3 aromatic carbocycles. The normalized spacial score (nSPS) is 17.1. The first kappa shape index (κ1) is 22.9. The number of hydrogen-bond acceptors (Lipinski definition) is 2. The van der Waals surface area contributed by atoms with Crippen LogP contribution in [0, 0.1) is 12.7 Å². The number of hydrogen-bond donors (Lipinski definition) is 1. The van der Waals surface area contributed by atoms with Crippen LogP contribution in [0.2, 0.25) is 0 Å². The van der Waals surface area contributed by atoms with E-state index >= 15 is 0 Å². The van der Waals surface area contributed by atoms with Gasteiger partial charge in [0.05, 0.1) is 0 Å². The minimum Gasteiger partial charge on any atom is -0.612 e. The Bertz CT molecular complexity index is 1220. The standard InChI is InChI=1S/C28H29FN2O2S/c1-19-15-22(29)8-11-24(19)21-7-12-26-25(16-21)28(13-3-4-14-28)18-31(26)27(32)30-17-20-5-9-23(10-6-20)34(2)33/h5-12,15-16H,3-4,13-14,17-18H2,1-2H3,(H,30,32). The molecule has 1 atom stereocenters. The van der Waals surface area contributed by atoms with Crippen LogP contribution in [0.3, 0.4) is 0 Å². The fourth-order valence-corrected chi connectivity index (χ4v) is 6.04. The van der Waals surface area contributed by atoms with E-state index in [0.717, 1.165) is 45.7 Å². The minimum atomic E-state index is -1.01. The van der Waals surface area contributed by atoms with E-state index in [9.17, 15) is 13.7 Å². The van der Waals surface area contributed by atoms with Crippen molar-refractivity contribution in [3.8, 4) is 11.1 Å². The molecule has 0 bridgehead atoms. The molecule has 1 aliphatic carbocycles. The van der Waals surface area contributed by atoms with Gasteiger partial charge in [-0.25, -0.2) is 9.18 Å². The van der Waals surface area contributed by atoms with Crippen molar-refractivity contribution < 1.29 is 13.7 Å². The number of nitrogens with zero attached hydrogens (tertiary/aromatic N) is 1. The van der Waals surface area contributed by atoms with Crippen LogP contribution in [-0.2, 0) is 23.1 Å². The molecule has 1 aliphatic heterocycles. The number of urea groups is 1. The molecule has 1 N–H and O–H groups in total. The van der Waals surface area contributed by atoms with E-state index in [1.165, 1.54) is 24.5 Å². The number of rotatable bonds is 4. The molecular formula is C28H29FN2O2S. The Morgan fingerprint density at radius 2 is 1.82 bits per heavy atom. The summed E-state index contributed by atoms with van der Waals surface area (Å²) in [4.78, 5) is 15.9. The average Bonchev–Trinajstić information content (AvgIpc) is 3.43. The van der Waals surface area contributed by atoms with E-state index < -0.39 is 11.2 Å². The van der Waals surface area contributed by atoms with Crippen LogP contribution >= 0.6 is 0 Å². The maximum atomic E-state index is 13.6. The van der Waals surface area contributed by atoms with Crippen molar-refractivity contribution >= 4 is 22.9 Å². The van der Waals surface area contributed by atoms with E-state index in [2.05, 4.69) is 11.4 Å². The van der Waals surface area contributed by atoms with Crippen molar-refractivity contribution in [2.24, 2.45) is 0 Å². The summed E-state index contributed by atoms with van der Waals surface area (Å²) in [5.74, 6) is -0.227. The number of halogens is 1. The maximum absolute atomic E-state index is 13.6. The van der Waals surface area contributed by atoms with Crippen LogP contribution in [0.5, 0.6) is 0 Å². The zero-order valence-corrected chi connectivity index (χ0v) is 20.4. The molecule has 34 heavy (non-hydrogen) atoms. The molecular weight excluding hydrogens is 447 g/mol. The van der Waals surface area contributed by atoms with Crippen LogP contribution < -0.4 is 10.2 Å². The Balaban J connectivity index is 1.40. The van der Waals surface area contributed by atoms with Gasteiger partial charge >= 0.3 is 6.03 Å². The molecule has 0 saturated heterocycles. The number of fused-ring (bicyclic) bond motifs is 2. The van der Waals surface area contributed by atoms with Crippen molar-refractivity contribution in [1.29, 1.82) is 0 Å². The summed E-state index contributed by atoms with van der Waals surface area (Å²) in [7, 11) is 0. The summed E-state index contributed by atoms with van der Waals surface area (Å²) in [6, 6.07) is 18.6. The van der Waals surface area contributed by atoms with E-state index in [1.807, 2.05) is 54.3 Å². The average molecular weight is 477 g/mol. The number of nitrogens with one attached hydrogen (secondary N) is 1. The van der Waals surface area contributed by atoms with Crippen LogP contribution in [0.1, 0.15) is 42.4 Å². The zero-order valence-electron chi connectivity index (χ0n) is 19.6. The Hall–Kier alpha value is -2.83. The third kappa shape index (κ3) is 4.21. The Morgan fingerprint density at radius 3 is 2.50 bits per heavy atom. The van der Waals surface area contributed by atoms with E-state index in [1.54, 1.807) is 12.3 Å². The highest BCUT2D eigenvalue weighted by molar-refractivity contribution is 7.90. The van der Waals surface area contributed by atoms with E-state index in [0.29, 0.717) is 13.1 Å². The molecule has 0 radical (unpaired) electrons. The van der Waals surface area contributed by atoms with Gasteiger partial charge in [-0.15, -0.1) is 0 Å². The van der Waals surface area contributed by atoms with Gasteiger partial charge < -0.3 is 9.87 Å². The van der Waals surface area contributed by atoms with Crippen molar-refractivity contribution in [1.82, 2.24) is 5.32 Å². The van der Waals surface area contributed by atoms with Gasteiger partial charge in [-0.05, 0) is 95.2 Å². The largest absolute Gasteiger partial charge is 0.612 e. The molecule has 0 aromatic heterocycles. The fourth-order valence-electron chi connectivity index (χ4n) is 5.52. The van der Waals surface area contributed by atoms with Crippen LogP contribution in [-0.4, -0.2) is 23.4 Å². The Labute approximate surface area is 203 Å². The molecule has 1 fully saturated rings. The third-order valence-corrected chi connectivity index (χ3v) is 8.26. The number of aryl methyl sites for hydroxylation is 1. The molecule has 4 nitrogen and oxygen atoms in total. The second kappa shape index (κ2) is 9.08. The predicted octanol–water partition coefficient (Wildman–Crippen LogP) is 6.08.